The van der Waals surface area contributed by atoms with E-state index in [0.29, 0.717) is 43.4 Å². The van der Waals surface area contributed by atoms with Gasteiger partial charge in [-0.1, -0.05) is 18.2 Å². The number of ether oxygens (including phenoxy) is 2. The summed E-state index contributed by atoms with van der Waals surface area (Å²) in [4.78, 5) is 10.7. The van der Waals surface area contributed by atoms with Gasteiger partial charge in [-0.25, -0.2) is 14.4 Å². The molecule has 7 heteroatoms. The Morgan fingerprint density at radius 3 is 2.88 bits per heavy atom. The van der Waals surface area contributed by atoms with Gasteiger partial charge in [-0.3, -0.25) is 0 Å². The Kier molecular flexibility index (Phi) is 5.34. The van der Waals surface area contributed by atoms with E-state index in [9.17, 15) is 9.50 Å². The van der Waals surface area contributed by atoms with Crippen molar-refractivity contribution in [3.05, 3.63) is 42.0 Å². The Morgan fingerprint density at radius 1 is 1.38 bits per heavy atom. The van der Waals surface area contributed by atoms with Crippen molar-refractivity contribution in [2.45, 2.75) is 12.7 Å². The van der Waals surface area contributed by atoms with E-state index in [-0.39, 0.29) is 18.3 Å². The third kappa shape index (κ3) is 3.53. The number of benzene rings is 1. The average molecular weight is 333 g/mol. The lowest BCUT2D eigenvalue weighted by molar-refractivity contribution is -0.0104. The predicted molar refractivity (Wildman–Crippen MR) is 87.2 cm³/mol. The second-order valence-electron chi connectivity index (χ2n) is 5.60. The molecule has 0 radical (unpaired) electrons. The molecule has 1 aliphatic heterocycles. The fraction of sp³-hybridized carbons (Fsp3) is 0.412. The van der Waals surface area contributed by atoms with Gasteiger partial charge in [0.1, 0.15) is 5.82 Å². The maximum absolute atomic E-state index is 14.3. The molecule has 0 unspecified atom stereocenters. The molecule has 2 heterocycles. The fourth-order valence-corrected chi connectivity index (χ4v) is 2.74. The summed E-state index contributed by atoms with van der Waals surface area (Å²) in [5, 5.41) is 9.17. The van der Waals surface area contributed by atoms with Crippen molar-refractivity contribution in [1.82, 2.24) is 9.97 Å². The number of aliphatic hydroxyl groups is 1. The number of methoxy groups -OCH3 is 1. The van der Waals surface area contributed by atoms with Gasteiger partial charge in [0.15, 0.2) is 0 Å². The number of aromatic nitrogens is 2. The van der Waals surface area contributed by atoms with E-state index in [1.807, 2.05) is 4.90 Å². The van der Waals surface area contributed by atoms with Crippen molar-refractivity contribution >= 4 is 5.95 Å². The Morgan fingerprint density at radius 2 is 2.17 bits per heavy atom. The van der Waals surface area contributed by atoms with Crippen molar-refractivity contribution < 1.29 is 19.0 Å². The van der Waals surface area contributed by atoms with Crippen molar-refractivity contribution in [3.8, 4) is 11.1 Å². The summed E-state index contributed by atoms with van der Waals surface area (Å²) in [6, 6.07) is 4.91. The molecule has 0 saturated carbocycles. The highest BCUT2D eigenvalue weighted by Gasteiger charge is 2.22. The van der Waals surface area contributed by atoms with E-state index in [1.54, 1.807) is 37.7 Å². The van der Waals surface area contributed by atoms with Crippen LogP contribution in [0.4, 0.5) is 10.3 Å². The van der Waals surface area contributed by atoms with Gasteiger partial charge in [0, 0.05) is 49.3 Å². The zero-order valence-electron chi connectivity index (χ0n) is 13.5. The topological polar surface area (TPSA) is 67.7 Å². The lowest BCUT2D eigenvalue weighted by atomic mass is 10.1. The summed E-state index contributed by atoms with van der Waals surface area (Å²) in [5.74, 6) is 0.143. The van der Waals surface area contributed by atoms with Crippen LogP contribution >= 0.6 is 0 Å². The molecule has 1 fully saturated rings. The molecular formula is C17H20FN3O3. The lowest BCUT2D eigenvalue weighted by Gasteiger charge is -2.32. The first kappa shape index (κ1) is 16.8. The van der Waals surface area contributed by atoms with Gasteiger partial charge in [0.2, 0.25) is 5.95 Å². The molecule has 0 amide bonds. The molecule has 6 nitrogen and oxygen atoms in total. The fourth-order valence-electron chi connectivity index (χ4n) is 2.74. The Hall–Kier alpha value is -2.09. The largest absolute Gasteiger partial charge is 0.392 e. The molecule has 1 atom stereocenters. The van der Waals surface area contributed by atoms with Crippen LogP contribution in [0.2, 0.25) is 0 Å². The third-order valence-electron chi connectivity index (χ3n) is 3.97. The van der Waals surface area contributed by atoms with Gasteiger partial charge in [-0.15, -0.1) is 0 Å². The van der Waals surface area contributed by atoms with Gasteiger partial charge in [0.05, 0.1) is 25.9 Å². The van der Waals surface area contributed by atoms with Gasteiger partial charge in [0.25, 0.3) is 0 Å². The second kappa shape index (κ2) is 7.65. The van der Waals surface area contributed by atoms with Crippen LogP contribution in [0.5, 0.6) is 0 Å². The molecule has 1 aromatic carbocycles. The predicted octanol–water partition coefficient (Wildman–Crippen LogP) is 1.63. The normalized spacial score (nSPS) is 18.0. The second-order valence-corrected chi connectivity index (χ2v) is 5.60. The standard InChI is InChI=1S/C17H20FN3O3/c1-23-11-14-9-21(5-6-24-14)17-19-7-13(8-20-17)15-4-2-3-12(10-22)16(15)18/h2-4,7-8,14,22H,5-6,9-11H2,1H3/t14-/m1/s1. The summed E-state index contributed by atoms with van der Waals surface area (Å²) in [7, 11) is 1.64. The number of hydrogen-bond acceptors (Lipinski definition) is 6. The van der Waals surface area contributed by atoms with E-state index in [0.717, 1.165) is 0 Å². The monoisotopic (exact) mass is 333 g/mol. The number of aliphatic hydroxyl groups excluding tert-OH is 1. The highest BCUT2D eigenvalue weighted by Crippen LogP contribution is 2.25. The smallest absolute Gasteiger partial charge is 0.225 e. The zero-order chi connectivity index (χ0) is 16.9. The highest BCUT2D eigenvalue weighted by atomic mass is 19.1. The van der Waals surface area contributed by atoms with E-state index in [1.165, 1.54) is 0 Å². The first-order chi connectivity index (χ1) is 11.7. The van der Waals surface area contributed by atoms with Crippen LogP contribution in [-0.2, 0) is 16.1 Å². The minimum absolute atomic E-state index is 0.00860. The van der Waals surface area contributed by atoms with Crippen LogP contribution in [0.15, 0.2) is 30.6 Å². The maximum Gasteiger partial charge on any atom is 0.225 e. The first-order valence-electron chi connectivity index (χ1n) is 7.79. The molecule has 3 rings (SSSR count). The minimum Gasteiger partial charge on any atom is -0.392 e. The molecule has 1 saturated heterocycles. The molecular weight excluding hydrogens is 313 g/mol. The van der Waals surface area contributed by atoms with Crippen molar-refractivity contribution in [1.29, 1.82) is 0 Å². The van der Waals surface area contributed by atoms with E-state index < -0.39 is 5.82 Å². The Labute approximate surface area is 139 Å². The van der Waals surface area contributed by atoms with Gasteiger partial charge in [-0.2, -0.15) is 0 Å². The summed E-state index contributed by atoms with van der Waals surface area (Å²) in [6.45, 7) is 2.13. The summed E-state index contributed by atoms with van der Waals surface area (Å²) >= 11 is 0. The molecule has 24 heavy (non-hydrogen) atoms. The van der Waals surface area contributed by atoms with Crippen molar-refractivity contribution in [2.24, 2.45) is 0 Å². The number of rotatable bonds is 5. The Balaban J connectivity index is 1.78. The van der Waals surface area contributed by atoms with Crippen LogP contribution in [0.1, 0.15) is 5.56 Å². The number of nitrogens with zero attached hydrogens (tertiary/aromatic N) is 3. The van der Waals surface area contributed by atoms with Crippen LogP contribution in [0, 0.1) is 5.82 Å². The minimum atomic E-state index is -0.442. The molecule has 0 bridgehead atoms. The quantitative estimate of drug-likeness (QED) is 0.897. The zero-order valence-corrected chi connectivity index (χ0v) is 13.5. The van der Waals surface area contributed by atoms with Crippen LogP contribution < -0.4 is 4.90 Å². The highest BCUT2D eigenvalue weighted by molar-refractivity contribution is 5.63. The third-order valence-corrected chi connectivity index (χ3v) is 3.97. The van der Waals surface area contributed by atoms with E-state index in [2.05, 4.69) is 9.97 Å². The van der Waals surface area contributed by atoms with Crippen molar-refractivity contribution in [3.63, 3.8) is 0 Å². The molecule has 2 aromatic rings. The maximum atomic E-state index is 14.3. The number of anilines is 1. The van der Waals surface area contributed by atoms with Gasteiger partial charge < -0.3 is 19.5 Å². The van der Waals surface area contributed by atoms with Crippen LogP contribution in [-0.4, -0.2) is 54.6 Å². The summed E-state index contributed by atoms with van der Waals surface area (Å²) in [5.41, 5.74) is 1.22. The number of hydrogen-bond donors (Lipinski definition) is 1. The Bertz CT molecular complexity index is 679. The molecule has 128 valence electrons. The molecule has 0 spiro atoms. The van der Waals surface area contributed by atoms with Crippen molar-refractivity contribution in [2.75, 3.05) is 38.3 Å². The van der Waals surface area contributed by atoms with Gasteiger partial charge in [-0.05, 0) is 0 Å². The first-order valence-corrected chi connectivity index (χ1v) is 7.79. The number of halogens is 1. The average Bonchev–Trinajstić information content (AvgIpc) is 2.63. The number of morpholine rings is 1. The molecule has 1 N–H and O–H groups in total. The van der Waals surface area contributed by atoms with Crippen LogP contribution in [0.25, 0.3) is 11.1 Å². The van der Waals surface area contributed by atoms with Crippen LogP contribution in [0.3, 0.4) is 0 Å². The summed E-state index contributed by atoms with van der Waals surface area (Å²) in [6.07, 6.45) is 3.19. The SMILES string of the molecule is COC[C@H]1CN(c2ncc(-c3cccc(CO)c3F)cn2)CCO1. The van der Waals surface area contributed by atoms with Gasteiger partial charge >= 0.3 is 0 Å². The van der Waals surface area contributed by atoms with E-state index in [4.69, 9.17) is 9.47 Å². The molecule has 1 aliphatic rings. The lowest BCUT2D eigenvalue weighted by Crippen LogP contribution is -2.45. The van der Waals surface area contributed by atoms with E-state index >= 15 is 0 Å². The molecule has 1 aromatic heterocycles. The molecule has 0 aliphatic carbocycles. The summed E-state index contributed by atoms with van der Waals surface area (Å²) < 4.78 is 25.0.